The Kier molecular flexibility index (Phi) is 6.08. The first kappa shape index (κ1) is 27.1. The van der Waals surface area contributed by atoms with Gasteiger partial charge in [0.05, 0.1) is 33.0 Å². The Labute approximate surface area is 281 Å². The number of thiophene rings is 1. The number of aromatic nitrogens is 1. The van der Waals surface area contributed by atoms with Crippen molar-refractivity contribution in [3.8, 4) is 11.3 Å². The van der Waals surface area contributed by atoms with E-state index in [1.807, 2.05) is 11.3 Å². The van der Waals surface area contributed by atoms with Crippen molar-refractivity contribution >= 4 is 91.8 Å². The van der Waals surface area contributed by atoms with Crippen LogP contribution in [-0.4, -0.2) is 4.98 Å². The number of pyridine rings is 1. The van der Waals surface area contributed by atoms with E-state index < -0.39 is 0 Å². The second-order valence-corrected chi connectivity index (χ2v) is 13.3. The summed E-state index contributed by atoms with van der Waals surface area (Å²) < 4.78 is 2.54. The van der Waals surface area contributed by atoms with Gasteiger partial charge in [0.2, 0.25) is 0 Å². The molecule has 8 aromatic carbocycles. The van der Waals surface area contributed by atoms with E-state index in [1.54, 1.807) is 0 Å². The molecule has 0 spiro atoms. The van der Waals surface area contributed by atoms with Gasteiger partial charge in [0.1, 0.15) is 0 Å². The summed E-state index contributed by atoms with van der Waals surface area (Å²) in [7, 11) is 0. The number of hydrogen-bond acceptors (Lipinski definition) is 3. The molecule has 10 aromatic rings. The number of hydrogen-bond donors (Lipinski definition) is 0. The standard InChI is InChI=1S/C45H28N2S/c1-2-16-31(17-3-1)44-36-28-40(45-43(35-23-9-11-27-41(35)48-45)42(36)34-22-8-10-24-37(34)46-44)47(38-25-12-18-29-14-4-6-20-32(29)38)39-26-13-19-30-15-5-7-21-33(30)39/h1-28H. The molecule has 224 valence electrons. The first-order valence-corrected chi connectivity index (χ1v) is 17.1. The van der Waals surface area contributed by atoms with Crippen molar-refractivity contribution in [1.82, 2.24) is 4.98 Å². The molecule has 10 rings (SSSR count). The summed E-state index contributed by atoms with van der Waals surface area (Å²) in [6, 6.07) is 61.3. The van der Waals surface area contributed by atoms with Crippen LogP contribution in [0, 0.1) is 0 Å². The minimum Gasteiger partial charge on any atom is -0.308 e. The summed E-state index contributed by atoms with van der Waals surface area (Å²) in [5.74, 6) is 0. The Balaban J connectivity index is 1.45. The van der Waals surface area contributed by atoms with Crippen LogP contribution < -0.4 is 4.90 Å². The molecule has 0 aliphatic rings. The highest BCUT2D eigenvalue weighted by atomic mass is 32.1. The fraction of sp³-hybridized carbons (Fsp3) is 0. The summed E-state index contributed by atoms with van der Waals surface area (Å²) in [6.07, 6.45) is 0. The molecule has 0 bridgehead atoms. The Morgan fingerprint density at radius 3 is 1.69 bits per heavy atom. The summed E-state index contributed by atoms with van der Waals surface area (Å²) in [6.45, 7) is 0. The normalized spacial score (nSPS) is 11.8. The molecule has 0 unspecified atom stereocenters. The summed E-state index contributed by atoms with van der Waals surface area (Å²) in [4.78, 5) is 7.88. The SMILES string of the molecule is c1ccc(-c2nc3ccccc3c3c2cc(N(c2cccc4ccccc24)c2cccc4ccccc24)c2sc4ccccc4c23)cc1. The van der Waals surface area contributed by atoms with Crippen molar-refractivity contribution in [2.75, 3.05) is 4.90 Å². The lowest BCUT2D eigenvalue weighted by Crippen LogP contribution is -2.11. The van der Waals surface area contributed by atoms with Crippen LogP contribution in [0.25, 0.3) is 74.6 Å². The maximum atomic E-state index is 5.38. The fourth-order valence-corrected chi connectivity index (χ4v) is 8.71. The van der Waals surface area contributed by atoms with E-state index in [-0.39, 0.29) is 0 Å². The van der Waals surface area contributed by atoms with Gasteiger partial charge in [-0.25, -0.2) is 4.98 Å². The van der Waals surface area contributed by atoms with Gasteiger partial charge in [0.25, 0.3) is 0 Å². The predicted octanol–water partition coefficient (Wildman–Crippen LogP) is 13.2. The monoisotopic (exact) mass is 628 g/mol. The van der Waals surface area contributed by atoms with E-state index >= 15 is 0 Å². The van der Waals surface area contributed by atoms with E-state index in [2.05, 4.69) is 175 Å². The summed E-state index contributed by atoms with van der Waals surface area (Å²) >= 11 is 1.88. The molecule has 0 radical (unpaired) electrons. The van der Waals surface area contributed by atoms with Crippen molar-refractivity contribution in [1.29, 1.82) is 0 Å². The largest absolute Gasteiger partial charge is 0.308 e. The highest BCUT2D eigenvalue weighted by Gasteiger charge is 2.25. The van der Waals surface area contributed by atoms with Crippen LogP contribution in [0.4, 0.5) is 17.1 Å². The molecular formula is C45H28N2S. The third-order valence-electron chi connectivity index (χ3n) is 9.59. The zero-order chi connectivity index (χ0) is 31.6. The molecule has 2 heterocycles. The Hall–Kier alpha value is -6.03. The zero-order valence-corrected chi connectivity index (χ0v) is 26.8. The summed E-state index contributed by atoms with van der Waals surface area (Å²) in [5, 5.41) is 11.0. The minimum absolute atomic E-state index is 0.999. The smallest absolute Gasteiger partial charge is 0.0789 e. The second-order valence-electron chi connectivity index (χ2n) is 12.3. The number of para-hydroxylation sites is 1. The number of nitrogens with zero attached hydrogens (tertiary/aromatic N) is 2. The van der Waals surface area contributed by atoms with Crippen LogP contribution in [0.5, 0.6) is 0 Å². The molecule has 0 atom stereocenters. The number of benzene rings is 8. The Bertz CT molecular complexity index is 2760. The Morgan fingerprint density at radius 1 is 0.417 bits per heavy atom. The van der Waals surface area contributed by atoms with Gasteiger partial charge >= 0.3 is 0 Å². The number of anilines is 3. The van der Waals surface area contributed by atoms with Crippen molar-refractivity contribution in [3.05, 3.63) is 170 Å². The predicted molar refractivity (Wildman–Crippen MR) is 207 cm³/mol. The number of fused-ring (bicyclic) bond motifs is 9. The molecule has 3 heteroatoms. The quantitative estimate of drug-likeness (QED) is 0.180. The van der Waals surface area contributed by atoms with Gasteiger partial charge in [-0.3, -0.25) is 0 Å². The first-order chi connectivity index (χ1) is 23.8. The van der Waals surface area contributed by atoms with E-state index in [0.717, 1.165) is 39.2 Å². The second kappa shape index (κ2) is 10.8. The van der Waals surface area contributed by atoms with E-state index in [1.165, 1.54) is 52.5 Å². The van der Waals surface area contributed by atoms with Crippen LogP contribution >= 0.6 is 11.3 Å². The number of rotatable bonds is 4. The van der Waals surface area contributed by atoms with Crippen LogP contribution in [0.15, 0.2) is 170 Å². The molecule has 0 saturated carbocycles. The maximum Gasteiger partial charge on any atom is 0.0789 e. The van der Waals surface area contributed by atoms with Crippen molar-refractivity contribution in [2.24, 2.45) is 0 Å². The molecule has 0 N–H and O–H groups in total. The molecule has 0 amide bonds. The third-order valence-corrected chi connectivity index (χ3v) is 10.8. The highest BCUT2D eigenvalue weighted by Crippen LogP contribution is 2.52. The van der Waals surface area contributed by atoms with Crippen LogP contribution in [-0.2, 0) is 0 Å². The molecule has 48 heavy (non-hydrogen) atoms. The van der Waals surface area contributed by atoms with E-state index in [9.17, 15) is 0 Å². The van der Waals surface area contributed by atoms with Gasteiger partial charge in [-0.2, -0.15) is 0 Å². The maximum absolute atomic E-state index is 5.38. The third kappa shape index (κ3) is 4.08. The Morgan fingerprint density at radius 2 is 0.979 bits per heavy atom. The lowest BCUT2D eigenvalue weighted by atomic mass is 9.94. The molecule has 0 aliphatic carbocycles. The van der Waals surface area contributed by atoms with Crippen molar-refractivity contribution in [3.63, 3.8) is 0 Å². The molecule has 0 aliphatic heterocycles. The highest BCUT2D eigenvalue weighted by molar-refractivity contribution is 7.26. The van der Waals surface area contributed by atoms with Crippen molar-refractivity contribution < 1.29 is 0 Å². The van der Waals surface area contributed by atoms with Gasteiger partial charge in [0.15, 0.2) is 0 Å². The van der Waals surface area contributed by atoms with Crippen LogP contribution in [0.1, 0.15) is 0 Å². The molecular weight excluding hydrogens is 601 g/mol. The van der Waals surface area contributed by atoms with E-state index in [0.29, 0.717) is 0 Å². The van der Waals surface area contributed by atoms with E-state index in [4.69, 9.17) is 4.98 Å². The fourth-order valence-electron chi connectivity index (χ4n) is 7.49. The molecule has 0 fully saturated rings. The lowest BCUT2D eigenvalue weighted by molar-refractivity contribution is 1.34. The van der Waals surface area contributed by atoms with Gasteiger partial charge in [-0.1, -0.05) is 140 Å². The van der Waals surface area contributed by atoms with Crippen LogP contribution in [0.3, 0.4) is 0 Å². The molecule has 2 nitrogen and oxygen atoms in total. The average molecular weight is 629 g/mol. The molecule has 0 saturated heterocycles. The van der Waals surface area contributed by atoms with Crippen molar-refractivity contribution in [2.45, 2.75) is 0 Å². The summed E-state index contributed by atoms with van der Waals surface area (Å²) in [5.41, 5.74) is 6.57. The first-order valence-electron chi connectivity index (χ1n) is 16.3. The van der Waals surface area contributed by atoms with Gasteiger partial charge in [-0.15, -0.1) is 11.3 Å². The molecule has 2 aromatic heterocycles. The topological polar surface area (TPSA) is 16.1 Å². The average Bonchev–Trinajstić information content (AvgIpc) is 3.55. The van der Waals surface area contributed by atoms with Gasteiger partial charge < -0.3 is 4.90 Å². The van der Waals surface area contributed by atoms with Crippen LogP contribution in [0.2, 0.25) is 0 Å². The lowest BCUT2D eigenvalue weighted by Gasteiger charge is -2.29. The van der Waals surface area contributed by atoms with Gasteiger partial charge in [0, 0.05) is 48.0 Å². The minimum atomic E-state index is 0.999. The van der Waals surface area contributed by atoms with Gasteiger partial charge in [-0.05, 0) is 41.1 Å². The zero-order valence-electron chi connectivity index (χ0n) is 26.0.